The van der Waals surface area contributed by atoms with Gasteiger partial charge in [-0.2, -0.15) is 0 Å². The largest absolute Gasteiger partial charge is 0.508 e. The quantitative estimate of drug-likeness (QED) is 0.667. The third-order valence-electron chi connectivity index (χ3n) is 4.63. The second-order valence-electron chi connectivity index (χ2n) is 6.80. The summed E-state index contributed by atoms with van der Waals surface area (Å²) in [5.74, 6) is -0.650. The zero-order chi connectivity index (χ0) is 17.3. The van der Waals surface area contributed by atoms with Crippen LogP contribution in [0.25, 0.3) is 0 Å². The Kier molecular flexibility index (Phi) is 5.06. The Morgan fingerprint density at radius 1 is 1.22 bits per heavy atom. The molecule has 1 heterocycles. The summed E-state index contributed by atoms with van der Waals surface area (Å²) in [6.45, 7) is 9.91. The first-order chi connectivity index (χ1) is 10.7. The van der Waals surface area contributed by atoms with E-state index in [1.807, 2.05) is 33.8 Å². The fourth-order valence-electron chi connectivity index (χ4n) is 2.61. The molecule has 0 amide bonds. The first-order valence-corrected chi connectivity index (χ1v) is 7.97. The van der Waals surface area contributed by atoms with Crippen LogP contribution in [0, 0.1) is 0 Å². The number of para-hydroxylation sites is 1. The molecule has 1 aromatic carbocycles. The number of phenols is 1. The number of carbonyl (C=O) groups excluding carboxylic acids is 1. The fraction of sp³-hybridized carbons (Fsp3) is 0.588. The van der Waals surface area contributed by atoms with Gasteiger partial charge in [0.1, 0.15) is 5.75 Å². The highest BCUT2D eigenvalue weighted by Gasteiger charge is 2.54. The second kappa shape index (κ2) is 6.53. The van der Waals surface area contributed by atoms with E-state index in [2.05, 4.69) is 0 Å². The van der Waals surface area contributed by atoms with Gasteiger partial charge >= 0.3 is 13.1 Å². The Morgan fingerprint density at radius 3 is 2.30 bits per heavy atom. The van der Waals surface area contributed by atoms with Crippen LogP contribution in [-0.4, -0.2) is 36.0 Å². The van der Waals surface area contributed by atoms with Crippen LogP contribution in [0.15, 0.2) is 24.3 Å². The minimum atomic E-state index is -0.627. The van der Waals surface area contributed by atoms with Crippen LogP contribution in [0.2, 0.25) is 0 Å². The topological polar surface area (TPSA) is 65.0 Å². The summed E-state index contributed by atoms with van der Waals surface area (Å²) in [5.41, 5.74) is -0.386. The molecule has 0 radical (unpaired) electrons. The molecule has 2 rings (SSSR count). The molecule has 1 unspecified atom stereocenters. The second-order valence-corrected chi connectivity index (χ2v) is 6.80. The Hall–Kier alpha value is -1.53. The van der Waals surface area contributed by atoms with Crippen LogP contribution in [-0.2, 0) is 18.8 Å². The van der Waals surface area contributed by atoms with Crippen molar-refractivity contribution in [1.29, 1.82) is 0 Å². The number of aromatic hydroxyl groups is 1. The summed E-state index contributed by atoms with van der Waals surface area (Å²) in [4.78, 5) is 12.0. The smallest absolute Gasteiger partial charge is 0.466 e. The highest BCUT2D eigenvalue weighted by atomic mass is 16.7. The molecule has 0 saturated carbocycles. The van der Waals surface area contributed by atoms with E-state index in [0.717, 1.165) is 0 Å². The van der Waals surface area contributed by atoms with Crippen molar-refractivity contribution in [2.45, 2.75) is 58.1 Å². The molecule has 1 aliphatic heterocycles. The Morgan fingerprint density at radius 2 is 1.78 bits per heavy atom. The van der Waals surface area contributed by atoms with Crippen molar-refractivity contribution in [1.82, 2.24) is 0 Å². The lowest BCUT2D eigenvalue weighted by atomic mass is 9.66. The fourth-order valence-corrected chi connectivity index (χ4v) is 2.61. The number of esters is 1. The van der Waals surface area contributed by atoms with Gasteiger partial charge in [0.2, 0.25) is 0 Å². The summed E-state index contributed by atoms with van der Waals surface area (Å²) < 4.78 is 17.2. The molecular weight excluding hydrogens is 295 g/mol. The summed E-state index contributed by atoms with van der Waals surface area (Å²) in [5, 5.41) is 10.2. The van der Waals surface area contributed by atoms with Gasteiger partial charge in [-0.15, -0.1) is 0 Å². The number of rotatable bonds is 5. The van der Waals surface area contributed by atoms with E-state index < -0.39 is 24.1 Å². The number of phenolic OH excluding ortho intramolecular Hbond substituents is 1. The summed E-state index contributed by atoms with van der Waals surface area (Å²) in [6, 6.07) is 6.94. The van der Waals surface area contributed by atoms with E-state index in [1.54, 1.807) is 25.1 Å². The van der Waals surface area contributed by atoms with Crippen LogP contribution in [0.5, 0.6) is 5.75 Å². The SMILES string of the molecule is CCOC(=O)CC(B1OC(C)(C)C(C)(C)O1)c1ccccc1O. The van der Waals surface area contributed by atoms with Gasteiger partial charge in [-0.25, -0.2) is 0 Å². The van der Waals surface area contributed by atoms with Gasteiger partial charge in [0.05, 0.1) is 24.2 Å². The first kappa shape index (κ1) is 17.8. The summed E-state index contributed by atoms with van der Waals surface area (Å²) in [7, 11) is -0.627. The van der Waals surface area contributed by atoms with Gasteiger partial charge in [-0.3, -0.25) is 4.79 Å². The van der Waals surface area contributed by atoms with E-state index in [0.29, 0.717) is 12.2 Å². The zero-order valence-electron chi connectivity index (χ0n) is 14.5. The predicted octanol–water partition coefficient (Wildman–Crippen LogP) is 3.06. The average molecular weight is 320 g/mol. The third-order valence-corrected chi connectivity index (χ3v) is 4.63. The molecule has 0 aromatic heterocycles. The minimum absolute atomic E-state index is 0.0856. The van der Waals surface area contributed by atoms with Crippen molar-refractivity contribution in [2.24, 2.45) is 0 Å². The van der Waals surface area contributed by atoms with Crippen molar-refractivity contribution < 1.29 is 23.9 Å². The molecule has 0 bridgehead atoms. The molecule has 6 heteroatoms. The van der Waals surface area contributed by atoms with Crippen molar-refractivity contribution >= 4 is 13.1 Å². The van der Waals surface area contributed by atoms with Crippen molar-refractivity contribution in [3.8, 4) is 5.75 Å². The van der Waals surface area contributed by atoms with Gasteiger partial charge in [0.25, 0.3) is 0 Å². The number of hydrogen-bond donors (Lipinski definition) is 1. The monoisotopic (exact) mass is 320 g/mol. The van der Waals surface area contributed by atoms with Gasteiger partial charge in [0, 0.05) is 5.82 Å². The molecule has 0 aliphatic carbocycles. The third kappa shape index (κ3) is 3.70. The van der Waals surface area contributed by atoms with Crippen LogP contribution >= 0.6 is 0 Å². The van der Waals surface area contributed by atoms with Gasteiger partial charge in [0.15, 0.2) is 0 Å². The van der Waals surface area contributed by atoms with E-state index in [4.69, 9.17) is 14.0 Å². The molecule has 5 nitrogen and oxygen atoms in total. The highest BCUT2D eigenvalue weighted by molar-refractivity contribution is 6.48. The number of ether oxygens (including phenoxy) is 1. The minimum Gasteiger partial charge on any atom is -0.508 e. The van der Waals surface area contributed by atoms with Crippen molar-refractivity contribution in [2.75, 3.05) is 6.61 Å². The van der Waals surface area contributed by atoms with Gasteiger partial charge in [-0.05, 0) is 46.2 Å². The lowest BCUT2D eigenvalue weighted by Gasteiger charge is -2.32. The van der Waals surface area contributed by atoms with Crippen molar-refractivity contribution in [3.05, 3.63) is 29.8 Å². The lowest BCUT2D eigenvalue weighted by Crippen LogP contribution is -2.41. The van der Waals surface area contributed by atoms with E-state index in [1.165, 1.54) is 0 Å². The first-order valence-electron chi connectivity index (χ1n) is 7.97. The molecule has 1 aromatic rings. The molecule has 1 saturated heterocycles. The predicted molar refractivity (Wildman–Crippen MR) is 88.2 cm³/mol. The van der Waals surface area contributed by atoms with Crippen LogP contribution < -0.4 is 0 Å². The maximum Gasteiger partial charge on any atom is 0.466 e. The maximum atomic E-state index is 12.0. The Bertz CT molecular complexity index is 554. The molecule has 1 aliphatic rings. The molecule has 1 atom stereocenters. The Labute approximate surface area is 138 Å². The number of benzene rings is 1. The van der Waals surface area contributed by atoms with Gasteiger partial charge in [-0.1, -0.05) is 18.2 Å². The van der Waals surface area contributed by atoms with Gasteiger partial charge < -0.3 is 19.2 Å². The zero-order valence-corrected chi connectivity index (χ0v) is 14.5. The van der Waals surface area contributed by atoms with E-state index in [-0.39, 0.29) is 18.1 Å². The normalized spacial score (nSPS) is 20.3. The van der Waals surface area contributed by atoms with Crippen molar-refractivity contribution in [3.63, 3.8) is 0 Å². The van der Waals surface area contributed by atoms with Crippen LogP contribution in [0.4, 0.5) is 0 Å². The number of hydrogen-bond acceptors (Lipinski definition) is 5. The molecule has 23 heavy (non-hydrogen) atoms. The van der Waals surface area contributed by atoms with E-state index >= 15 is 0 Å². The average Bonchev–Trinajstić information content (AvgIpc) is 2.66. The molecule has 126 valence electrons. The standard InChI is InChI=1S/C17H25BO5/c1-6-21-15(20)11-13(12-9-7-8-10-14(12)19)18-22-16(2,3)17(4,5)23-18/h7-10,13,19H,6,11H2,1-5H3. The molecule has 1 N–H and O–H groups in total. The lowest BCUT2D eigenvalue weighted by molar-refractivity contribution is -0.143. The summed E-state index contributed by atoms with van der Waals surface area (Å²) >= 11 is 0. The van der Waals surface area contributed by atoms with Crippen LogP contribution in [0.3, 0.4) is 0 Å². The Balaban J connectivity index is 2.32. The highest BCUT2D eigenvalue weighted by Crippen LogP contribution is 2.43. The molecular formula is C17H25BO5. The summed E-state index contributed by atoms with van der Waals surface area (Å²) in [6.07, 6.45) is 0.0856. The molecule has 1 fully saturated rings. The molecule has 0 spiro atoms. The maximum absolute atomic E-state index is 12.0. The number of carbonyl (C=O) groups is 1. The van der Waals surface area contributed by atoms with Crippen LogP contribution in [0.1, 0.15) is 52.4 Å². The van der Waals surface area contributed by atoms with E-state index in [9.17, 15) is 9.90 Å².